The SMILES string of the molecule is COc1ccc2c(c1OC)C(=O)OC2[C@H]1c2c(c(CN)c3c(c2OC)OCO3)CCN1C. The second-order valence-electron chi connectivity index (χ2n) is 7.94. The van der Waals surface area contributed by atoms with E-state index in [4.69, 9.17) is 34.2 Å². The van der Waals surface area contributed by atoms with Crippen LogP contribution in [0.4, 0.5) is 0 Å². The van der Waals surface area contributed by atoms with Gasteiger partial charge in [-0.2, -0.15) is 0 Å². The van der Waals surface area contributed by atoms with Gasteiger partial charge >= 0.3 is 5.97 Å². The van der Waals surface area contributed by atoms with Crippen molar-refractivity contribution in [3.63, 3.8) is 0 Å². The molecule has 32 heavy (non-hydrogen) atoms. The molecule has 2 N–H and O–H groups in total. The summed E-state index contributed by atoms with van der Waals surface area (Å²) in [4.78, 5) is 15.1. The molecule has 0 aliphatic carbocycles. The molecule has 0 bridgehead atoms. The number of likely N-dealkylation sites (N-methyl/N-ethyl adjacent to an activating group) is 1. The normalized spacial score (nSPS) is 21.1. The Balaban J connectivity index is 1.73. The second kappa shape index (κ2) is 7.75. The third-order valence-corrected chi connectivity index (χ3v) is 6.53. The summed E-state index contributed by atoms with van der Waals surface area (Å²) in [5, 5.41) is 0. The Hall–Kier alpha value is -3.17. The van der Waals surface area contributed by atoms with Crippen LogP contribution in [0.25, 0.3) is 0 Å². The van der Waals surface area contributed by atoms with Gasteiger partial charge in [-0.05, 0) is 25.1 Å². The average molecular weight is 442 g/mol. The maximum atomic E-state index is 13.0. The van der Waals surface area contributed by atoms with Crippen molar-refractivity contribution < 1.29 is 33.2 Å². The Morgan fingerprint density at radius 1 is 1.09 bits per heavy atom. The minimum atomic E-state index is -0.568. The standard InChI is InChI=1S/C23H26N2O7/c1-25-8-7-11-13(9-24)19-22(31-10-30-19)21(29-4)15(11)17(25)18-12-5-6-14(27-2)20(28-3)16(12)23(26)32-18/h5-6,17-18H,7-10,24H2,1-4H3/t17-,18?/m1/s1. The summed E-state index contributed by atoms with van der Waals surface area (Å²) in [5.74, 6) is 2.18. The zero-order valence-corrected chi connectivity index (χ0v) is 18.5. The van der Waals surface area contributed by atoms with Gasteiger partial charge < -0.3 is 34.2 Å². The fraction of sp³-hybridized carbons (Fsp3) is 0.435. The van der Waals surface area contributed by atoms with E-state index in [2.05, 4.69) is 4.90 Å². The van der Waals surface area contributed by atoms with Crippen LogP contribution in [0, 0.1) is 0 Å². The van der Waals surface area contributed by atoms with E-state index >= 15 is 0 Å². The molecule has 3 aliphatic rings. The van der Waals surface area contributed by atoms with E-state index in [1.54, 1.807) is 13.2 Å². The van der Waals surface area contributed by atoms with Crippen LogP contribution < -0.4 is 29.4 Å². The van der Waals surface area contributed by atoms with Crippen LogP contribution in [0.5, 0.6) is 28.7 Å². The monoisotopic (exact) mass is 442 g/mol. The lowest BCUT2D eigenvalue weighted by Crippen LogP contribution is -2.37. The minimum absolute atomic E-state index is 0.111. The Bertz CT molecular complexity index is 1100. The Morgan fingerprint density at radius 2 is 1.84 bits per heavy atom. The molecule has 0 amide bonds. The summed E-state index contributed by atoms with van der Waals surface area (Å²) < 4.78 is 34.2. The zero-order valence-electron chi connectivity index (χ0n) is 18.5. The first-order valence-electron chi connectivity index (χ1n) is 10.4. The van der Waals surface area contributed by atoms with Gasteiger partial charge in [0.05, 0.1) is 27.4 Å². The zero-order chi connectivity index (χ0) is 22.6. The topological polar surface area (TPSA) is 102 Å². The molecule has 3 aliphatic heterocycles. The Kier molecular flexibility index (Phi) is 5.02. The van der Waals surface area contributed by atoms with Crippen LogP contribution >= 0.6 is 0 Å². The number of hydrogen-bond donors (Lipinski definition) is 1. The number of esters is 1. The molecule has 0 saturated carbocycles. The van der Waals surface area contributed by atoms with Crippen molar-refractivity contribution in [2.75, 3.05) is 41.7 Å². The minimum Gasteiger partial charge on any atom is -0.493 e. The summed E-state index contributed by atoms with van der Waals surface area (Å²) in [6, 6.07) is 3.34. The van der Waals surface area contributed by atoms with Crippen LogP contribution in [0.3, 0.4) is 0 Å². The van der Waals surface area contributed by atoms with Gasteiger partial charge in [0.25, 0.3) is 0 Å². The number of ether oxygens (including phenoxy) is 6. The highest BCUT2D eigenvalue weighted by atomic mass is 16.7. The van der Waals surface area contributed by atoms with Crippen LogP contribution in [0.2, 0.25) is 0 Å². The van der Waals surface area contributed by atoms with Gasteiger partial charge in [0.1, 0.15) is 11.7 Å². The number of carbonyl (C=O) groups excluding carboxylic acids is 1. The van der Waals surface area contributed by atoms with Crippen molar-refractivity contribution in [2.24, 2.45) is 5.73 Å². The van der Waals surface area contributed by atoms with Crippen LogP contribution in [-0.4, -0.2) is 52.6 Å². The molecule has 170 valence electrons. The molecule has 9 nitrogen and oxygen atoms in total. The lowest BCUT2D eigenvalue weighted by atomic mass is 9.83. The summed E-state index contributed by atoms with van der Waals surface area (Å²) >= 11 is 0. The fourth-order valence-electron chi connectivity index (χ4n) is 5.14. The molecule has 0 radical (unpaired) electrons. The third-order valence-electron chi connectivity index (χ3n) is 6.53. The van der Waals surface area contributed by atoms with E-state index in [0.717, 1.165) is 35.2 Å². The fourth-order valence-corrected chi connectivity index (χ4v) is 5.14. The van der Waals surface area contributed by atoms with Gasteiger partial charge in [0.2, 0.25) is 12.5 Å². The molecule has 9 heteroatoms. The Morgan fingerprint density at radius 3 is 2.53 bits per heavy atom. The highest BCUT2D eigenvalue weighted by Crippen LogP contribution is 2.56. The first-order chi connectivity index (χ1) is 15.5. The number of hydrogen-bond acceptors (Lipinski definition) is 9. The quantitative estimate of drug-likeness (QED) is 0.699. The smallest absolute Gasteiger partial charge is 0.343 e. The Labute approximate surface area is 185 Å². The number of benzene rings is 2. The van der Waals surface area contributed by atoms with Crippen molar-refractivity contribution in [3.8, 4) is 28.7 Å². The van der Waals surface area contributed by atoms with Crippen molar-refractivity contribution in [2.45, 2.75) is 25.1 Å². The van der Waals surface area contributed by atoms with Crippen LogP contribution in [-0.2, 0) is 17.7 Å². The number of methoxy groups -OCH3 is 3. The predicted octanol–water partition coefficient (Wildman–Crippen LogP) is 2.34. The molecule has 0 fully saturated rings. The maximum absolute atomic E-state index is 13.0. The van der Waals surface area contributed by atoms with Crippen LogP contribution in [0.1, 0.15) is 44.8 Å². The van der Waals surface area contributed by atoms with Gasteiger partial charge in [0, 0.05) is 29.8 Å². The number of nitrogens with two attached hydrogens (primary N) is 1. The summed E-state index contributed by atoms with van der Waals surface area (Å²) in [7, 11) is 6.66. The predicted molar refractivity (Wildman–Crippen MR) is 114 cm³/mol. The lowest BCUT2D eigenvalue weighted by Gasteiger charge is -2.39. The van der Waals surface area contributed by atoms with Gasteiger partial charge in [-0.25, -0.2) is 4.79 Å². The molecule has 2 aromatic carbocycles. The number of cyclic esters (lactones) is 1. The van der Waals surface area contributed by atoms with E-state index in [9.17, 15) is 4.79 Å². The molecule has 3 heterocycles. The van der Waals surface area contributed by atoms with Gasteiger partial charge in [-0.3, -0.25) is 4.90 Å². The first kappa shape index (κ1) is 20.7. The van der Waals surface area contributed by atoms with E-state index in [1.807, 2.05) is 13.1 Å². The van der Waals surface area contributed by atoms with E-state index in [0.29, 0.717) is 40.9 Å². The molecular weight excluding hydrogens is 416 g/mol. The summed E-state index contributed by atoms with van der Waals surface area (Å²) in [6.45, 7) is 1.17. The molecule has 0 spiro atoms. The number of nitrogens with zero attached hydrogens (tertiary/aromatic N) is 1. The summed E-state index contributed by atoms with van der Waals surface area (Å²) in [5.41, 5.74) is 10.1. The van der Waals surface area contributed by atoms with Gasteiger partial charge in [0.15, 0.2) is 23.0 Å². The number of rotatable bonds is 5. The molecule has 0 saturated heterocycles. The average Bonchev–Trinajstić information content (AvgIpc) is 3.41. The lowest BCUT2D eigenvalue weighted by molar-refractivity contribution is 0.00869. The highest BCUT2D eigenvalue weighted by molar-refractivity contribution is 5.98. The molecule has 2 atom stereocenters. The molecule has 5 rings (SSSR count). The van der Waals surface area contributed by atoms with Crippen molar-refractivity contribution in [3.05, 3.63) is 39.9 Å². The first-order valence-corrected chi connectivity index (χ1v) is 10.4. The third kappa shape index (κ3) is 2.74. The van der Waals surface area contributed by atoms with Crippen LogP contribution in [0.15, 0.2) is 12.1 Å². The van der Waals surface area contributed by atoms with Crippen molar-refractivity contribution in [1.82, 2.24) is 4.90 Å². The van der Waals surface area contributed by atoms with Gasteiger partial charge in [-0.15, -0.1) is 0 Å². The molecular formula is C23H26N2O7. The van der Waals surface area contributed by atoms with E-state index < -0.39 is 12.1 Å². The molecule has 1 unspecified atom stereocenters. The van der Waals surface area contributed by atoms with E-state index in [-0.39, 0.29) is 12.8 Å². The van der Waals surface area contributed by atoms with Crippen molar-refractivity contribution in [1.29, 1.82) is 0 Å². The van der Waals surface area contributed by atoms with Gasteiger partial charge in [-0.1, -0.05) is 6.07 Å². The molecule has 2 aromatic rings. The van der Waals surface area contributed by atoms with E-state index in [1.165, 1.54) is 14.2 Å². The number of fused-ring (bicyclic) bond motifs is 3. The summed E-state index contributed by atoms with van der Waals surface area (Å²) in [6.07, 6.45) is 0.197. The number of carbonyl (C=O) groups is 1. The maximum Gasteiger partial charge on any atom is 0.343 e. The molecule has 0 aromatic heterocycles. The van der Waals surface area contributed by atoms with Crippen molar-refractivity contribution >= 4 is 5.97 Å². The largest absolute Gasteiger partial charge is 0.493 e. The second-order valence-corrected chi connectivity index (χ2v) is 7.94. The highest BCUT2D eigenvalue weighted by Gasteiger charge is 2.47.